The molecule has 4 aliphatic carbocycles. The molecule has 1 heterocycles. The van der Waals surface area contributed by atoms with Gasteiger partial charge >= 0.3 is 5.97 Å². The third-order valence-corrected chi connectivity index (χ3v) is 11.8. The molecular weight excluding hydrogens is 504 g/mol. The lowest BCUT2D eigenvalue weighted by molar-refractivity contribution is -0.151. The highest BCUT2D eigenvalue weighted by molar-refractivity contribution is 6.02. The monoisotopic (exact) mass is 546 g/mol. The number of aliphatic hydroxyl groups excluding tert-OH is 3. The fourth-order valence-electron chi connectivity index (χ4n) is 9.24. The predicted octanol–water partition coefficient (Wildman–Crippen LogP) is 1.95. The number of carboxylic acid groups (broad SMARTS) is 1. The summed E-state index contributed by atoms with van der Waals surface area (Å²) in [7, 11) is 0. The number of carboxylic acids is 1. The Labute approximate surface area is 228 Å². The van der Waals surface area contributed by atoms with Crippen molar-refractivity contribution in [3.8, 4) is 0 Å². The quantitative estimate of drug-likeness (QED) is 0.237. The molecule has 3 fully saturated rings. The zero-order valence-electron chi connectivity index (χ0n) is 23.7. The number of aliphatic hydroxyl groups is 4. The average Bonchev–Trinajstić information content (AvgIpc) is 3.53. The summed E-state index contributed by atoms with van der Waals surface area (Å²) in [5, 5.41) is 54.3. The third-order valence-electron chi connectivity index (χ3n) is 11.8. The highest BCUT2D eigenvalue weighted by Gasteiger charge is 2.85. The summed E-state index contributed by atoms with van der Waals surface area (Å²) in [6, 6.07) is 0. The molecule has 5 N–H and O–H groups in total. The van der Waals surface area contributed by atoms with Crippen LogP contribution in [0.25, 0.3) is 0 Å². The van der Waals surface area contributed by atoms with Crippen molar-refractivity contribution in [2.75, 3.05) is 6.61 Å². The van der Waals surface area contributed by atoms with E-state index in [4.69, 9.17) is 4.74 Å². The zero-order valence-corrected chi connectivity index (χ0v) is 23.7. The number of hydrogen-bond acceptors (Lipinski definition) is 8. The molecule has 5 aliphatic rings. The van der Waals surface area contributed by atoms with Crippen LogP contribution < -0.4 is 0 Å². The van der Waals surface area contributed by atoms with Gasteiger partial charge in [-0.3, -0.25) is 14.4 Å². The lowest BCUT2D eigenvalue weighted by atomic mass is 9.40. The molecule has 39 heavy (non-hydrogen) atoms. The molecule has 0 aromatic heterocycles. The van der Waals surface area contributed by atoms with Crippen LogP contribution in [0.5, 0.6) is 0 Å². The van der Waals surface area contributed by atoms with E-state index in [9.17, 15) is 39.9 Å². The lowest BCUT2D eigenvalue weighted by Crippen LogP contribution is -2.67. The van der Waals surface area contributed by atoms with Gasteiger partial charge < -0.3 is 30.3 Å². The first-order chi connectivity index (χ1) is 17.9. The Balaban J connectivity index is 1.59. The first-order valence-corrected chi connectivity index (χ1v) is 14.0. The normalized spacial score (nSPS) is 45.9. The van der Waals surface area contributed by atoms with Gasteiger partial charge in [0.15, 0.2) is 5.78 Å². The zero-order chi connectivity index (χ0) is 29.1. The van der Waals surface area contributed by atoms with E-state index in [1.54, 1.807) is 19.9 Å². The molecule has 9 heteroatoms. The van der Waals surface area contributed by atoms with Gasteiger partial charge in [0.2, 0.25) is 0 Å². The second-order valence-corrected chi connectivity index (χ2v) is 14.0. The second kappa shape index (κ2) is 8.32. The SMILES string of the molecule is CC(CC(=O)C[C@](C)(O)C1=C[C@@H](O)[C@]2(C)[C@]1(C)C(=O)C=C1[C@@]3(CO)CC[C@H](O)C(C)(C)C3C[C@@H]3O[C@]132)C(=O)O. The molecule has 0 bridgehead atoms. The highest BCUT2D eigenvalue weighted by Crippen LogP contribution is 2.79. The van der Waals surface area contributed by atoms with E-state index in [0.717, 1.165) is 0 Å². The van der Waals surface area contributed by atoms with Gasteiger partial charge in [-0.05, 0) is 61.7 Å². The fraction of sp³-hybridized carbons (Fsp3) is 0.767. The van der Waals surface area contributed by atoms with Gasteiger partial charge in [-0.1, -0.05) is 33.8 Å². The van der Waals surface area contributed by atoms with E-state index in [1.165, 1.54) is 19.9 Å². The summed E-state index contributed by atoms with van der Waals surface area (Å²) in [6.07, 6.45) is 1.76. The first kappa shape index (κ1) is 28.6. The molecule has 1 spiro atoms. The van der Waals surface area contributed by atoms with Gasteiger partial charge in [-0.15, -0.1) is 0 Å². The van der Waals surface area contributed by atoms with Crippen molar-refractivity contribution < 1.29 is 44.7 Å². The van der Waals surface area contributed by atoms with E-state index >= 15 is 0 Å². The molecule has 0 amide bonds. The molecule has 10 atom stereocenters. The molecule has 0 radical (unpaired) electrons. The molecule has 1 saturated heterocycles. The molecule has 2 unspecified atom stereocenters. The third kappa shape index (κ3) is 3.28. The minimum atomic E-state index is -1.81. The molecular formula is C30H42O9. The summed E-state index contributed by atoms with van der Waals surface area (Å²) < 4.78 is 6.52. The van der Waals surface area contributed by atoms with Gasteiger partial charge in [-0.25, -0.2) is 0 Å². The largest absolute Gasteiger partial charge is 0.481 e. The molecule has 1 aliphatic heterocycles. The number of ketones is 2. The maximum atomic E-state index is 14.2. The number of epoxide rings is 1. The van der Waals surface area contributed by atoms with Gasteiger partial charge in [0.25, 0.3) is 0 Å². The summed E-state index contributed by atoms with van der Waals surface area (Å²) in [5.74, 6) is -2.97. The van der Waals surface area contributed by atoms with Gasteiger partial charge in [-0.2, -0.15) is 0 Å². The molecule has 9 nitrogen and oxygen atoms in total. The van der Waals surface area contributed by atoms with Crippen LogP contribution in [0.4, 0.5) is 0 Å². The van der Waals surface area contributed by atoms with E-state index < -0.39 is 69.2 Å². The number of allylic oxidation sites excluding steroid dienone is 1. The van der Waals surface area contributed by atoms with Crippen LogP contribution >= 0.6 is 0 Å². The Bertz CT molecular complexity index is 1200. The smallest absolute Gasteiger partial charge is 0.306 e. The van der Waals surface area contributed by atoms with Crippen molar-refractivity contribution in [1.82, 2.24) is 0 Å². The summed E-state index contributed by atoms with van der Waals surface area (Å²) in [4.78, 5) is 38.3. The van der Waals surface area contributed by atoms with E-state index in [0.29, 0.717) is 24.8 Å². The van der Waals surface area contributed by atoms with E-state index in [-0.39, 0.29) is 36.4 Å². The molecule has 216 valence electrons. The minimum absolute atomic E-state index is 0.144. The Morgan fingerprint density at radius 3 is 2.44 bits per heavy atom. The number of rotatable bonds is 7. The maximum absolute atomic E-state index is 14.2. The Morgan fingerprint density at radius 1 is 1.21 bits per heavy atom. The summed E-state index contributed by atoms with van der Waals surface area (Å²) in [5.41, 5.74) is -5.94. The van der Waals surface area contributed by atoms with Gasteiger partial charge in [0.1, 0.15) is 11.4 Å². The summed E-state index contributed by atoms with van der Waals surface area (Å²) in [6.45, 7) is 10.1. The van der Waals surface area contributed by atoms with Crippen LogP contribution in [-0.4, -0.2) is 79.2 Å². The van der Waals surface area contributed by atoms with Crippen LogP contribution in [0.3, 0.4) is 0 Å². The minimum Gasteiger partial charge on any atom is -0.481 e. The fourth-order valence-corrected chi connectivity index (χ4v) is 9.24. The van der Waals surface area contributed by atoms with Crippen molar-refractivity contribution in [3.63, 3.8) is 0 Å². The number of Topliss-reactive ketones (excluding diaryl/α,β-unsaturated/α-hetero) is 1. The number of ether oxygens (including phenoxy) is 1. The van der Waals surface area contributed by atoms with Crippen molar-refractivity contribution in [1.29, 1.82) is 0 Å². The number of carbonyl (C=O) groups is 3. The van der Waals surface area contributed by atoms with Crippen LogP contribution in [-0.2, 0) is 19.1 Å². The molecule has 2 saturated carbocycles. The van der Waals surface area contributed by atoms with Gasteiger partial charge in [0.05, 0.1) is 41.9 Å². The van der Waals surface area contributed by atoms with Crippen LogP contribution in [0, 0.1) is 33.5 Å². The molecule has 0 aromatic rings. The topological polar surface area (TPSA) is 165 Å². The average molecular weight is 547 g/mol. The van der Waals surface area contributed by atoms with E-state index in [1.807, 2.05) is 13.8 Å². The standard InChI is InChI=1S/C30H42O9/c1-15(24(36)37)9-16(32)13-26(4,38)18-10-22(35)28(6)27(18,5)21(34)11-19-29(14-31)8-7-20(33)25(2,3)17(29)12-23-30(19,28)39-23/h10-11,15,17,20,22-23,31,33,35,38H,7-9,12-14H2,1-6H3,(H,36,37)/t15?,17?,20-,22+,23-,26-,27-,28+,29+,30+/m0/s1. The van der Waals surface area contributed by atoms with Crippen molar-refractivity contribution in [2.45, 2.75) is 103 Å². The number of fused-ring (bicyclic) bond motifs is 3. The van der Waals surface area contributed by atoms with Crippen molar-refractivity contribution in [3.05, 3.63) is 23.3 Å². The Morgan fingerprint density at radius 2 is 1.85 bits per heavy atom. The van der Waals surface area contributed by atoms with Gasteiger partial charge in [0, 0.05) is 23.7 Å². The van der Waals surface area contributed by atoms with E-state index in [2.05, 4.69) is 0 Å². The second-order valence-electron chi connectivity index (χ2n) is 14.0. The van der Waals surface area contributed by atoms with Crippen LogP contribution in [0.2, 0.25) is 0 Å². The van der Waals surface area contributed by atoms with Crippen molar-refractivity contribution >= 4 is 17.5 Å². The lowest BCUT2D eigenvalue weighted by Gasteiger charge is -2.62. The number of carbonyl (C=O) groups excluding carboxylic acids is 2. The van der Waals surface area contributed by atoms with Crippen LogP contribution in [0.15, 0.2) is 23.3 Å². The first-order valence-electron chi connectivity index (χ1n) is 14.0. The number of hydrogen-bond donors (Lipinski definition) is 5. The molecule has 5 rings (SSSR count). The predicted molar refractivity (Wildman–Crippen MR) is 139 cm³/mol. The Hall–Kier alpha value is -1.91. The Kier molecular flexibility index (Phi) is 6.10. The van der Waals surface area contributed by atoms with Crippen molar-refractivity contribution in [2.24, 2.45) is 33.5 Å². The molecule has 0 aromatic carbocycles. The number of aliphatic carboxylic acids is 1. The maximum Gasteiger partial charge on any atom is 0.306 e. The highest BCUT2D eigenvalue weighted by atomic mass is 16.6. The van der Waals surface area contributed by atoms with Crippen LogP contribution in [0.1, 0.15) is 73.6 Å². The summed E-state index contributed by atoms with van der Waals surface area (Å²) >= 11 is 0.